The summed E-state index contributed by atoms with van der Waals surface area (Å²) in [6.07, 6.45) is 1.62. The maximum absolute atomic E-state index is 13.9. The Kier molecular flexibility index (Phi) is 7.91. The molecular weight excluding hydrogens is 534 g/mol. The number of hydrogen-bond donors (Lipinski definition) is 1. The van der Waals surface area contributed by atoms with E-state index >= 15 is 0 Å². The van der Waals surface area contributed by atoms with Crippen LogP contribution in [0.4, 0.5) is 0 Å². The third-order valence-electron chi connectivity index (χ3n) is 6.52. The van der Waals surface area contributed by atoms with Gasteiger partial charge >= 0.3 is 0 Å². The number of amides is 3. The summed E-state index contributed by atoms with van der Waals surface area (Å²) in [4.78, 5) is 42.6. The van der Waals surface area contributed by atoms with E-state index < -0.39 is 21.5 Å². The van der Waals surface area contributed by atoms with Crippen LogP contribution in [0.3, 0.4) is 0 Å². The van der Waals surface area contributed by atoms with Crippen molar-refractivity contribution in [3.8, 4) is 0 Å². The highest BCUT2D eigenvalue weighted by Crippen LogP contribution is 2.37. The molecule has 1 N–H and O–H groups in total. The Morgan fingerprint density at radius 2 is 1.92 bits per heavy atom. The van der Waals surface area contributed by atoms with E-state index in [1.54, 1.807) is 34.9 Å². The molecule has 0 aliphatic carbocycles. The van der Waals surface area contributed by atoms with E-state index in [0.717, 1.165) is 21.9 Å². The summed E-state index contributed by atoms with van der Waals surface area (Å²) in [5, 5.41) is 3.24. The van der Waals surface area contributed by atoms with Crippen LogP contribution in [0.15, 0.2) is 53.9 Å². The molecule has 1 aromatic heterocycles. The fourth-order valence-electron chi connectivity index (χ4n) is 4.53. The quantitative estimate of drug-likeness (QED) is 0.424. The zero-order valence-corrected chi connectivity index (χ0v) is 23.0. The Morgan fingerprint density at radius 1 is 1.16 bits per heavy atom. The summed E-state index contributed by atoms with van der Waals surface area (Å²) in [6.45, 7) is 2.69. The minimum atomic E-state index is -3.65. The van der Waals surface area contributed by atoms with Crippen molar-refractivity contribution in [3.63, 3.8) is 0 Å². The minimum absolute atomic E-state index is 0.0628. The second-order valence-corrected chi connectivity index (χ2v) is 12.5. The molecule has 37 heavy (non-hydrogen) atoms. The molecule has 11 heteroatoms. The summed E-state index contributed by atoms with van der Waals surface area (Å²) in [5.74, 6) is -1.04. The van der Waals surface area contributed by atoms with E-state index in [1.165, 1.54) is 11.3 Å². The SMILES string of the molecule is CC1(C(=O)N(CCCC(=O)NS(C)(=O)=O)Cc2cccc(Cl)c2)CCN1C(=O)c1csc2ccccc12. The van der Waals surface area contributed by atoms with Gasteiger partial charge in [-0.15, -0.1) is 11.3 Å². The van der Waals surface area contributed by atoms with Crippen LogP contribution in [0.5, 0.6) is 0 Å². The van der Waals surface area contributed by atoms with Crippen molar-refractivity contribution in [2.45, 2.75) is 38.3 Å². The molecule has 1 saturated heterocycles. The van der Waals surface area contributed by atoms with Gasteiger partial charge in [-0.2, -0.15) is 0 Å². The highest BCUT2D eigenvalue weighted by atomic mass is 35.5. The molecule has 2 heterocycles. The number of halogens is 1. The lowest BCUT2D eigenvalue weighted by Gasteiger charge is -2.51. The molecule has 4 rings (SSSR count). The molecule has 1 atom stereocenters. The molecule has 1 aliphatic heterocycles. The fourth-order valence-corrected chi connectivity index (χ4v) is 6.20. The molecule has 0 spiro atoms. The number of carbonyl (C=O) groups is 3. The summed E-state index contributed by atoms with van der Waals surface area (Å²) < 4.78 is 25.6. The van der Waals surface area contributed by atoms with Gasteiger partial charge in [-0.1, -0.05) is 41.9 Å². The second-order valence-electron chi connectivity index (χ2n) is 9.38. The van der Waals surface area contributed by atoms with Gasteiger partial charge in [0.15, 0.2) is 0 Å². The van der Waals surface area contributed by atoms with Crippen molar-refractivity contribution in [1.29, 1.82) is 0 Å². The van der Waals surface area contributed by atoms with Gasteiger partial charge in [-0.25, -0.2) is 8.42 Å². The molecule has 2 aromatic carbocycles. The van der Waals surface area contributed by atoms with E-state index in [4.69, 9.17) is 11.6 Å². The van der Waals surface area contributed by atoms with Crippen LogP contribution in [0, 0.1) is 0 Å². The Hall–Kier alpha value is -2.95. The van der Waals surface area contributed by atoms with Crippen molar-refractivity contribution in [2.24, 2.45) is 0 Å². The maximum atomic E-state index is 13.9. The zero-order valence-electron chi connectivity index (χ0n) is 20.6. The average Bonchev–Trinajstić information content (AvgIpc) is 3.25. The molecule has 3 amide bonds. The minimum Gasteiger partial charge on any atom is -0.336 e. The lowest BCUT2D eigenvalue weighted by molar-refractivity contribution is -0.149. The van der Waals surface area contributed by atoms with Gasteiger partial charge in [-0.3, -0.25) is 19.1 Å². The van der Waals surface area contributed by atoms with E-state index in [2.05, 4.69) is 0 Å². The van der Waals surface area contributed by atoms with Crippen LogP contribution in [-0.2, 0) is 26.2 Å². The number of hydrogen-bond acceptors (Lipinski definition) is 6. The van der Waals surface area contributed by atoms with Crippen molar-refractivity contribution < 1.29 is 22.8 Å². The average molecular weight is 562 g/mol. The summed E-state index contributed by atoms with van der Waals surface area (Å²) >= 11 is 7.64. The lowest BCUT2D eigenvalue weighted by atomic mass is 9.84. The van der Waals surface area contributed by atoms with Crippen LogP contribution in [0.1, 0.15) is 42.1 Å². The fraction of sp³-hybridized carbons (Fsp3) is 0.346. The van der Waals surface area contributed by atoms with Gasteiger partial charge in [-0.05, 0) is 43.5 Å². The largest absolute Gasteiger partial charge is 0.336 e. The molecule has 1 aliphatic rings. The summed E-state index contributed by atoms with van der Waals surface area (Å²) in [6, 6.07) is 14.8. The van der Waals surface area contributed by atoms with Gasteiger partial charge in [0.05, 0.1) is 11.8 Å². The third kappa shape index (κ3) is 6.14. The van der Waals surface area contributed by atoms with Gasteiger partial charge in [0, 0.05) is 46.5 Å². The van der Waals surface area contributed by atoms with Crippen LogP contribution >= 0.6 is 22.9 Å². The normalized spacial score (nSPS) is 17.3. The first-order chi connectivity index (χ1) is 17.5. The second kappa shape index (κ2) is 10.8. The Morgan fingerprint density at radius 3 is 2.59 bits per heavy atom. The highest BCUT2D eigenvalue weighted by molar-refractivity contribution is 7.89. The van der Waals surface area contributed by atoms with Crippen LogP contribution in [0.2, 0.25) is 5.02 Å². The molecule has 8 nitrogen and oxygen atoms in total. The lowest BCUT2D eigenvalue weighted by Crippen LogP contribution is -2.67. The number of rotatable bonds is 9. The number of nitrogens with zero attached hydrogens (tertiary/aromatic N) is 2. The molecule has 1 fully saturated rings. The number of sulfonamides is 1. The van der Waals surface area contributed by atoms with E-state index in [9.17, 15) is 22.8 Å². The summed E-state index contributed by atoms with van der Waals surface area (Å²) in [7, 11) is -3.65. The molecule has 1 unspecified atom stereocenters. The van der Waals surface area contributed by atoms with Gasteiger partial charge in [0.2, 0.25) is 21.8 Å². The zero-order chi connectivity index (χ0) is 26.8. The van der Waals surface area contributed by atoms with E-state index in [-0.39, 0.29) is 37.7 Å². The molecule has 0 bridgehead atoms. The Labute approximate surface area is 225 Å². The predicted octanol–water partition coefficient (Wildman–Crippen LogP) is 4.04. The monoisotopic (exact) mass is 561 g/mol. The van der Waals surface area contributed by atoms with Crippen molar-refractivity contribution in [1.82, 2.24) is 14.5 Å². The first-order valence-corrected chi connectivity index (χ1v) is 15.0. The van der Waals surface area contributed by atoms with Crippen LogP contribution < -0.4 is 4.72 Å². The van der Waals surface area contributed by atoms with E-state index in [1.807, 2.05) is 40.4 Å². The number of thiophene rings is 1. The third-order valence-corrected chi connectivity index (χ3v) is 8.31. The molecular formula is C26H28ClN3O5S2. The highest BCUT2D eigenvalue weighted by Gasteiger charge is 2.51. The van der Waals surface area contributed by atoms with Crippen LogP contribution in [0.25, 0.3) is 10.1 Å². The predicted molar refractivity (Wildman–Crippen MR) is 145 cm³/mol. The molecule has 3 aromatic rings. The van der Waals surface area contributed by atoms with Gasteiger partial charge in [0.25, 0.3) is 5.91 Å². The number of fused-ring (bicyclic) bond motifs is 1. The molecule has 0 radical (unpaired) electrons. The van der Waals surface area contributed by atoms with E-state index in [0.29, 0.717) is 23.6 Å². The number of nitrogens with one attached hydrogen (secondary N) is 1. The topological polar surface area (TPSA) is 104 Å². The smallest absolute Gasteiger partial charge is 0.256 e. The Balaban J connectivity index is 1.53. The van der Waals surface area contributed by atoms with Gasteiger partial charge in [0.1, 0.15) is 5.54 Å². The molecule has 196 valence electrons. The maximum Gasteiger partial charge on any atom is 0.256 e. The van der Waals surface area contributed by atoms with Gasteiger partial charge < -0.3 is 9.80 Å². The van der Waals surface area contributed by atoms with Crippen molar-refractivity contribution in [2.75, 3.05) is 19.3 Å². The summed E-state index contributed by atoms with van der Waals surface area (Å²) in [5.41, 5.74) is 0.359. The Bertz CT molecular complexity index is 1460. The number of benzene rings is 2. The number of likely N-dealkylation sites (tertiary alicyclic amines) is 1. The standard InChI is InChI=1S/C26H28ClN3O5S2/c1-26(12-14-30(26)24(32)21-17-36-22-10-4-3-9-20(21)22)25(33)29(16-18-7-5-8-19(27)15-18)13-6-11-23(31)28-37(2,34)35/h3-5,7-10,15,17H,6,11-14,16H2,1-2H3,(H,28,31). The van der Waals surface area contributed by atoms with Crippen LogP contribution in [-0.4, -0.2) is 60.8 Å². The van der Waals surface area contributed by atoms with Crippen molar-refractivity contribution >= 4 is 60.8 Å². The van der Waals surface area contributed by atoms with Crippen molar-refractivity contribution in [3.05, 3.63) is 70.1 Å². The first-order valence-electron chi connectivity index (χ1n) is 11.8. The number of carbonyl (C=O) groups excluding carboxylic acids is 3. The molecule has 0 saturated carbocycles. The first kappa shape index (κ1) is 27.1.